The molecule has 1 unspecified atom stereocenters. The lowest BCUT2D eigenvalue weighted by molar-refractivity contribution is 0.544. The summed E-state index contributed by atoms with van der Waals surface area (Å²) >= 11 is 5.83. The van der Waals surface area contributed by atoms with E-state index in [1.54, 1.807) is 19.1 Å². The summed E-state index contributed by atoms with van der Waals surface area (Å²) in [5, 5.41) is 12.2. The minimum absolute atomic E-state index is 0.0408. The Morgan fingerprint density at radius 1 is 1.20 bits per heavy atom. The first-order valence-electron chi connectivity index (χ1n) is 5.93. The van der Waals surface area contributed by atoms with E-state index in [2.05, 4.69) is 5.32 Å². The number of hydrogen-bond donors (Lipinski definition) is 1. The molecule has 0 saturated carbocycles. The van der Waals surface area contributed by atoms with E-state index in [1.165, 1.54) is 24.3 Å². The molecule has 2 nitrogen and oxygen atoms in total. The van der Waals surface area contributed by atoms with Crippen molar-refractivity contribution in [1.82, 2.24) is 0 Å². The fourth-order valence-electron chi connectivity index (χ4n) is 1.95. The van der Waals surface area contributed by atoms with Crippen LogP contribution in [-0.2, 0) is 0 Å². The predicted octanol–water partition coefficient (Wildman–Crippen LogP) is 4.66. The van der Waals surface area contributed by atoms with Crippen LogP contribution in [0.3, 0.4) is 0 Å². The molecule has 1 N–H and O–H groups in total. The highest BCUT2D eigenvalue weighted by molar-refractivity contribution is 6.31. The van der Waals surface area contributed by atoms with Gasteiger partial charge in [0, 0.05) is 11.3 Å². The molecule has 0 aliphatic rings. The van der Waals surface area contributed by atoms with Crippen LogP contribution in [0.4, 0.5) is 14.5 Å². The summed E-state index contributed by atoms with van der Waals surface area (Å²) in [7, 11) is 0. The van der Waals surface area contributed by atoms with Gasteiger partial charge in [-0.1, -0.05) is 17.7 Å². The second kappa shape index (κ2) is 5.89. The van der Waals surface area contributed by atoms with E-state index in [4.69, 9.17) is 16.9 Å². The van der Waals surface area contributed by atoms with Crippen LogP contribution in [0, 0.1) is 23.0 Å². The molecule has 102 valence electrons. The maximum atomic E-state index is 13.7. The van der Waals surface area contributed by atoms with Gasteiger partial charge in [0.15, 0.2) is 0 Å². The van der Waals surface area contributed by atoms with Crippen LogP contribution in [0.2, 0.25) is 5.02 Å². The molecule has 20 heavy (non-hydrogen) atoms. The SMILES string of the molecule is CC(Nc1ccc(Cl)c(C#N)c1)c1c(F)cccc1F. The van der Waals surface area contributed by atoms with Gasteiger partial charge in [-0.05, 0) is 37.3 Å². The zero-order valence-corrected chi connectivity index (χ0v) is 11.4. The number of nitrogens with one attached hydrogen (secondary N) is 1. The molecular weight excluding hydrogens is 282 g/mol. The zero-order valence-electron chi connectivity index (χ0n) is 10.6. The molecule has 2 aromatic carbocycles. The average molecular weight is 293 g/mol. The summed E-state index contributed by atoms with van der Waals surface area (Å²) < 4.78 is 27.3. The van der Waals surface area contributed by atoms with Gasteiger partial charge in [-0.3, -0.25) is 0 Å². The standard InChI is InChI=1S/C15H11ClF2N2/c1-9(15-13(17)3-2-4-14(15)18)20-11-5-6-12(16)10(7-11)8-19/h2-7,9,20H,1H3. The lowest BCUT2D eigenvalue weighted by atomic mass is 10.1. The molecule has 1 atom stereocenters. The van der Waals surface area contributed by atoms with Crippen LogP contribution in [0.15, 0.2) is 36.4 Å². The number of benzene rings is 2. The van der Waals surface area contributed by atoms with E-state index in [1.807, 2.05) is 6.07 Å². The van der Waals surface area contributed by atoms with E-state index in [-0.39, 0.29) is 5.56 Å². The van der Waals surface area contributed by atoms with Gasteiger partial charge in [0.2, 0.25) is 0 Å². The van der Waals surface area contributed by atoms with Crippen LogP contribution in [-0.4, -0.2) is 0 Å². The number of hydrogen-bond acceptors (Lipinski definition) is 2. The van der Waals surface area contributed by atoms with Gasteiger partial charge in [0.25, 0.3) is 0 Å². The van der Waals surface area contributed by atoms with Crippen LogP contribution in [0.1, 0.15) is 24.1 Å². The molecule has 0 saturated heterocycles. The summed E-state index contributed by atoms with van der Waals surface area (Å²) in [6, 6.07) is 9.86. The molecular formula is C15H11ClF2N2. The molecule has 0 aliphatic carbocycles. The molecule has 5 heteroatoms. The van der Waals surface area contributed by atoms with Crippen LogP contribution < -0.4 is 5.32 Å². The number of rotatable bonds is 3. The number of anilines is 1. The maximum absolute atomic E-state index is 13.7. The van der Waals surface area contributed by atoms with Crippen molar-refractivity contribution in [2.75, 3.05) is 5.32 Å². The minimum Gasteiger partial charge on any atom is -0.378 e. The molecule has 0 radical (unpaired) electrons. The van der Waals surface area contributed by atoms with E-state index < -0.39 is 17.7 Å². The average Bonchev–Trinajstić information content (AvgIpc) is 2.40. The van der Waals surface area contributed by atoms with Crippen molar-refractivity contribution in [2.24, 2.45) is 0 Å². The third-order valence-electron chi connectivity index (χ3n) is 2.90. The predicted molar refractivity (Wildman–Crippen MR) is 74.6 cm³/mol. The fraction of sp³-hybridized carbons (Fsp3) is 0.133. The van der Waals surface area contributed by atoms with Crippen molar-refractivity contribution in [3.63, 3.8) is 0 Å². The molecule has 0 fully saturated rings. The van der Waals surface area contributed by atoms with Crippen molar-refractivity contribution in [3.8, 4) is 6.07 Å². The van der Waals surface area contributed by atoms with Crippen molar-refractivity contribution < 1.29 is 8.78 Å². The quantitative estimate of drug-likeness (QED) is 0.893. The highest BCUT2D eigenvalue weighted by atomic mass is 35.5. The van der Waals surface area contributed by atoms with E-state index in [0.717, 1.165) is 0 Å². The van der Waals surface area contributed by atoms with Gasteiger partial charge in [-0.15, -0.1) is 0 Å². The first-order chi connectivity index (χ1) is 9.52. The summed E-state index contributed by atoms with van der Waals surface area (Å²) in [4.78, 5) is 0. The summed E-state index contributed by atoms with van der Waals surface area (Å²) in [6.07, 6.45) is 0. The first-order valence-corrected chi connectivity index (χ1v) is 6.31. The summed E-state index contributed by atoms with van der Waals surface area (Å²) in [5.74, 6) is -1.22. The Labute approximate surface area is 120 Å². The molecule has 0 heterocycles. The van der Waals surface area contributed by atoms with Gasteiger partial charge < -0.3 is 5.32 Å². The Hall–Kier alpha value is -2.12. The Bertz CT molecular complexity index is 660. The van der Waals surface area contributed by atoms with Crippen LogP contribution >= 0.6 is 11.6 Å². The van der Waals surface area contributed by atoms with Crippen LogP contribution in [0.5, 0.6) is 0 Å². The van der Waals surface area contributed by atoms with Gasteiger partial charge >= 0.3 is 0 Å². The fourth-order valence-corrected chi connectivity index (χ4v) is 2.11. The Morgan fingerprint density at radius 3 is 2.45 bits per heavy atom. The summed E-state index contributed by atoms with van der Waals surface area (Å²) in [5.41, 5.74) is 0.833. The number of halogens is 3. The van der Waals surface area contributed by atoms with E-state index in [9.17, 15) is 8.78 Å². The zero-order chi connectivity index (χ0) is 14.7. The lowest BCUT2D eigenvalue weighted by Crippen LogP contribution is -2.11. The third-order valence-corrected chi connectivity index (χ3v) is 3.23. The minimum atomic E-state index is -0.612. The smallest absolute Gasteiger partial charge is 0.131 e. The highest BCUT2D eigenvalue weighted by Crippen LogP contribution is 2.26. The molecule has 0 spiro atoms. The lowest BCUT2D eigenvalue weighted by Gasteiger charge is -2.17. The van der Waals surface area contributed by atoms with Gasteiger partial charge in [-0.25, -0.2) is 8.78 Å². The summed E-state index contributed by atoms with van der Waals surface area (Å²) in [6.45, 7) is 1.64. The molecule has 0 aromatic heterocycles. The maximum Gasteiger partial charge on any atom is 0.131 e. The Kier molecular flexibility index (Phi) is 4.21. The van der Waals surface area contributed by atoms with E-state index in [0.29, 0.717) is 16.3 Å². The topological polar surface area (TPSA) is 35.8 Å². The Morgan fingerprint density at radius 2 is 1.85 bits per heavy atom. The molecule has 2 aromatic rings. The highest BCUT2D eigenvalue weighted by Gasteiger charge is 2.16. The molecule has 0 amide bonds. The monoisotopic (exact) mass is 292 g/mol. The Balaban J connectivity index is 2.28. The van der Waals surface area contributed by atoms with E-state index >= 15 is 0 Å². The van der Waals surface area contributed by atoms with Crippen molar-refractivity contribution in [1.29, 1.82) is 5.26 Å². The second-order valence-corrected chi connectivity index (χ2v) is 4.71. The second-order valence-electron chi connectivity index (χ2n) is 4.31. The molecule has 0 bridgehead atoms. The normalized spacial score (nSPS) is 11.8. The van der Waals surface area contributed by atoms with Gasteiger partial charge in [0.05, 0.1) is 16.6 Å². The third kappa shape index (κ3) is 2.89. The van der Waals surface area contributed by atoms with Crippen molar-refractivity contribution >= 4 is 17.3 Å². The first kappa shape index (κ1) is 14.3. The van der Waals surface area contributed by atoms with Crippen LogP contribution in [0.25, 0.3) is 0 Å². The van der Waals surface area contributed by atoms with Crippen molar-refractivity contribution in [3.05, 3.63) is 64.2 Å². The largest absolute Gasteiger partial charge is 0.378 e. The van der Waals surface area contributed by atoms with Gasteiger partial charge in [-0.2, -0.15) is 5.26 Å². The molecule has 0 aliphatic heterocycles. The molecule has 2 rings (SSSR count). The van der Waals surface area contributed by atoms with Gasteiger partial charge in [0.1, 0.15) is 17.7 Å². The number of nitriles is 1. The number of nitrogens with zero attached hydrogens (tertiary/aromatic N) is 1. The van der Waals surface area contributed by atoms with Crippen molar-refractivity contribution in [2.45, 2.75) is 13.0 Å².